The summed E-state index contributed by atoms with van der Waals surface area (Å²) in [5.41, 5.74) is 6.48. The van der Waals surface area contributed by atoms with Crippen LogP contribution < -0.4 is 5.73 Å². The van der Waals surface area contributed by atoms with E-state index in [9.17, 15) is 4.79 Å². The molecule has 0 radical (unpaired) electrons. The van der Waals surface area contributed by atoms with Crippen LogP contribution in [0.1, 0.15) is 38.8 Å². The summed E-state index contributed by atoms with van der Waals surface area (Å²) in [7, 11) is 0. The van der Waals surface area contributed by atoms with Crippen molar-refractivity contribution >= 4 is 5.91 Å². The zero-order chi connectivity index (χ0) is 16.5. The molecule has 0 saturated carbocycles. The van der Waals surface area contributed by atoms with E-state index in [1.165, 1.54) is 0 Å². The molecule has 2 aliphatic rings. The van der Waals surface area contributed by atoms with Gasteiger partial charge in [0.25, 0.3) is 0 Å². The zero-order valence-electron chi connectivity index (χ0n) is 14.1. The van der Waals surface area contributed by atoms with E-state index >= 15 is 0 Å². The summed E-state index contributed by atoms with van der Waals surface area (Å²) in [5.74, 6) is 0.0521. The molecular formula is C18H27N3O2. The van der Waals surface area contributed by atoms with Crippen molar-refractivity contribution in [3.8, 4) is 0 Å². The molecule has 1 amide bonds. The minimum absolute atomic E-state index is 0.0521. The number of nitrogens with two attached hydrogens (primary N) is 1. The van der Waals surface area contributed by atoms with E-state index in [4.69, 9.17) is 10.5 Å². The number of likely N-dealkylation sites (tertiary alicyclic amines) is 1. The average molecular weight is 317 g/mol. The fraction of sp³-hybridized carbons (Fsp3) is 0.667. The standard InChI is InChI=1S/C18H27N3O2/c1-17(2,19)16(22)21-9-6-18(7-10-21)12-15(23-13-18)11-14-5-3-4-8-20-14/h3-5,8,15H,6-7,9-13,19H2,1-2H3/t15-/m1/s1. The Morgan fingerprint density at radius 1 is 1.43 bits per heavy atom. The van der Waals surface area contributed by atoms with Gasteiger partial charge in [0.1, 0.15) is 0 Å². The highest BCUT2D eigenvalue weighted by Crippen LogP contribution is 2.42. The van der Waals surface area contributed by atoms with Gasteiger partial charge in [0.2, 0.25) is 5.91 Å². The Balaban J connectivity index is 1.54. The number of piperidine rings is 1. The largest absolute Gasteiger partial charge is 0.377 e. The summed E-state index contributed by atoms with van der Waals surface area (Å²) in [6.45, 7) is 5.94. The molecule has 1 atom stereocenters. The third-order valence-electron chi connectivity index (χ3n) is 5.11. The third kappa shape index (κ3) is 3.72. The number of hydrogen-bond donors (Lipinski definition) is 1. The van der Waals surface area contributed by atoms with E-state index < -0.39 is 5.54 Å². The molecule has 3 heterocycles. The molecule has 1 aromatic heterocycles. The van der Waals surface area contributed by atoms with Crippen molar-refractivity contribution in [1.82, 2.24) is 9.88 Å². The highest BCUT2D eigenvalue weighted by molar-refractivity contribution is 5.85. The second kappa shape index (κ2) is 6.21. The topological polar surface area (TPSA) is 68.5 Å². The van der Waals surface area contributed by atoms with E-state index in [2.05, 4.69) is 11.1 Å². The maximum Gasteiger partial charge on any atom is 0.242 e. The fourth-order valence-electron chi connectivity index (χ4n) is 3.72. The van der Waals surface area contributed by atoms with Crippen molar-refractivity contribution in [3.05, 3.63) is 30.1 Å². The summed E-state index contributed by atoms with van der Waals surface area (Å²) in [6, 6.07) is 6.01. The van der Waals surface area contributed by atoms with Crippen LogP contribution in [0.2, 0.25) is 0 Å². The first kappa shape index (κ1) is 16.4. The van der Waals surface area contributed by atoms with Crippen LogP contribution in [0.25, 0.3) is 0 Å². The number of pyridine rings is 1. The van der Waals surface area contributed by atoms with E-state index in [0.29, 0.717) is 0 Å². The molecule has 2 N–H and O–H groups in total. The molecule has 3 rings (SSSR count). The fourth-order valence-corrected chi connectivity index (χ4v) is 3.72. The molecule has 0 aliphatic carbocycles. The van der Waals surface area contributed by atoms with Crippen LogP contribution in [0.4, 0.5) is 0 Å². The van der Waals surface area contributed by atoms with Gasteiger partial charge in [-0.05, 0) is 50.7 Å². The van der Waals surface area contributed by atoms with Gasteiger partial charge in [0.15, 0.2) is 0 Å². The molecule has 2 aliphatic heterocycles. The molecule has 0 unspecified atom stereocenters. The molecule has 0 aromatic carbocycles. The second-order valence-electron chi connectivity index (χ2n) is 7.68. The van der Waals surface area contributed by atoms with Crippen LogP contribution in [0, 0.1) is 5.41 Å². The SMILES string of the molecule is CC(C)(N)C(=O)N1CCC2(CC1)CO[C@H](Cc1ccccn1)C2. The van der Waals surface area contributed by atoms with Gasteiger partial charge in [0.05, 0.1) is 18.2 Å². The van der Waals surface area contributed by atoms with Crippen LogP contribution in [-0.4, -0.2) is 47.1 Å². The highest BCUT2D eigenvalue weighted by atomic mass is 16.5. The van der Waals surface area contributed by atoms with Gasteiger partial charge in [-0.3, -0.25) is 9.78 Å². The predicted octanol–water partition coefficient (Wildman–Crippen LogP) is 1.76. The molecule has 1 spiro atoms. The van der Waals surface area contributed by atoms with Crippen LogP contribution in [0.5, 0.6) is 0 Å². The molecule has 0 bridgehead atoms. The van der Waals surface area contributed by atoms with Crippen LogP contribution in [-0.2, 0) is 16.0 Å². The smallest absolute Gasteiger partial charge is 0.242 e. The zero-order valence-corrected chi connectivity index (χ0v) is 14.1. The van der Waals surface area contributed by atoms with Gasteiger partial charge >= 0.3 is 0 Å². The summed E-state index contributed by atoms with van der Waals surface area (Å²) >= 11 is 0. The monoisotopic (exact) mass is 317 g/mol. The van der Waals surface area contributed by atoms with E-state index in [1.807, 2.05) is 23.2 Å². The summed E-state index contributed by atoms with van der Waals surface area (Å²) in [6.07, 6.45) is 6.04. The molecule has 5 nitrogen and oxygen atoms in total. The summed E-state index contributed by atoms with van der Waals surface area (Å²) in [5, 5.41) is 0. The Morgan fingerprint density at radius 3 is 2.78 bits per heavy atom. The summed E-state index contributed by atoms with van der Waals surface area (Å²) in [4.78, 5) is 18.6. The van der Waals surface area contributed by atoms with Gasteiger partial charge in [0, 0.05) is 31.4 Å². The Morgan fingerprint density at radius 2 is 2.17 bits per heavy atom. The van der Waals surface area contributed by atoms with Gasteiger partial charge < -0.3 is 15.4 Å². The number of hydrogen-bond acceptors (Lipinski definition) is 4. The lowest BCUT2D eigenvalue weighted by Crippen LogP contribution is -2.54. The number of amides is 1. The molecule has 1 aromatic rings. The lowest BCUT2D eigenvalue weighted by molar-refractivity contribution is -0.138. The maximum absolute atomic E-state index is 12.3. The van der Waals surface area contributed by atoms with Gasteiger partial charge in [-0.15, -0.1) is 0 Å². The molecule has 5 heteroatoms. The molecule has 2 saturated heterocycles. The van der Waals surface area contributed by atoms with E-state index in [-0.39, 0.29) is 17.4 Å². The van der Waals surface area contributed by atoms with Crippen molar-refractivity contribution in [2.75, 3.05) is 19.7 Å². The second-order valence-corrected chi connectivity index (χ2v) is 7.68. The first-order valence-corrected chi connectivity index (χ1v) is 8.48. The quantitative estimate of drug-likeness (QED) is 0.922. The summed E-state index contributed by atoms with van der Waals surface area (Å²) < 4.78 is 6.05. The molecule has 126 valence electrons. The normalized spacial score (nSPS) is 24.1. The Hall–Kier alpha value is -1.46. The van der Waals surface area contributed by atoms with Crippen molar-refractivity contribution in [2.24, 2.45) is 11.1 Å². The number of carbonyl (C=O) groups excluding carboxylic acids is 1. The lowest BCUT2D eigenvalue weighted by Gasteiger charge is -2.40. The lowest BCUT2D eigenvalue weighted by atomic mass is 9.76. The number of ether oxygens (including phenoxy) is 1. The molecular weight excluding hydrogens is 290 g/mol. The molecule has 2 fully saturated rings. The van der Waals surface area contributed by atoms with Crippen LogP contribution >= 0.6 is 0 Å². The van der Waals surface area contributed by atoms with Crippen molar-refractivity contribution in [2.45, 2.75) is 51.2 Å². The van der Waals surface area contributed by atoms with Crippen molar-refractivity contribution in [3.63, 3.8) is 0 Å². The first-order valence-electron chi connectivity index (χ1n) is 8.48. The molecule has 23 heavy (non-hydrogen) atoms. The number of aromatic nitrogens is 1. The van der Waals surface area contributed by atoms with E-state index in [1.54, 1.807) is 13.8 Å². The minimum atomic E-state index is -0.780. The Bertz CT molecular complexity index is 545. The van der Waals surface area contributed by atoms with Crippen LogP contribution in [0.15, 0.2) is 24.4 Å². The maximum atomic E-state index is 12.3. The first-order chi connectivity index (χ1) is 10.9. The Kier molecular flexibility index (Phi) is 4.43. The van der Waals surface area contributed by atoms with Gasteiger partial charge in [-0.1, -0.05) is 6.07 Å². The third-order valence-corrected chi connectivity index (χ3v) is 5.11. The van der Waals surface area contributed by atoms with Gasteiger partial charge in [-0.25, -0.2) is 0 Å². The number of nitrogens with zero attached hydrogens (tertiary/aromatic N) is 2. The Labute approximate surface area is 138 Å². The number of carbonyl (C=O) groups is 1. The van der Waals surface area contributed by atoms with Gasteiger partial charge in [-0.2, -0.15) is 0 Å². The minimum Gasteiger partial charge on any atom is -0.377 e. The van der Waals surface area contributed by atoms with Crippen LogP contribution in [0.3, 0.4) is 0 Å². The highest BCUT2D eigenvalue weighted by Gasteiger charge is 2.44. The number of rotatable bonds is 3. The van der Waals surface area contributed by atoms with E-state index in [0.717, 1.165) is 51.1 Å². The predicted molar refractivity (Wildman–Crippen MR) is 88.8 cm³/mol. The average Bonchev–Trinajstić information content (AvgIpc) is 2.90. The van der Waals surface area contributed by atoms with Crippen molar-refractivity contribution in [1.29, 1.82) is 0 Å². The van der Waals surface area contributed by atoms with Crippen molar-refractivity contribution < 1.29 is 9.53 Å².